The molecule has 0 aliphatic heterocycles. The van der Waals surface area contributed by atoms with Crippen LogP contribution in [0.3, 0.4) is 0 Å². The maximum absolute atomic E-state index is 12.3. The number of ketones is 1. The lowest BCUT2D eigenvalue weighted by molar-refractivity contribution is 0.102. The molecule has 0 bridgehead atoms. The van der Waals surface area contributed by atoms with Crippen molar-refractivity contribution in [2.45, 2.75) is 32.2 Å². The number of pyridine rings is 1. The first-order chi connectivity index (χ1) is 11.0. The van der Waals surface area contributed by atoms with Crippen molar-refractivity contribution in [1.82, 2.24) is 4.98 Å². The Hall–Kier alpha value is -1.64. The van der Waals surface area contributed by atoms with Crippen molar-refractivity contribution in [1.29, 1.82) is 5.26 Å². The molecule has 2 aromatic rings. The van der Waals surface area contributed by atoms with Crippen LogP contribution in [0.4, 0.5) is 0 Å². The summed E-state index contributed by atoms with van der Waals surface area (Å²) in [6.07, 6.45) is 0.849. The molecule has 0 radical (unpaired) electrons. The van der Waals surface area contributed by atoms with E-state index in [1.54, 1.807) is 12.1 Å². The number of aromatic nitrogens is 1. The summed E-state index contributed by atoms with van der Waals surface area (Å²) in [4.78, 5) is 16.8. The molecule has 1 aromatic carbocycles. The topological polar surface area (TPSA) is 53.8 Å². The number of rotatable bonds is 5. The average molecular weight is 389 g/mol. The first kappa shape index (κ1) is 17.7. The number of hydrogen-bond acceptors (Lipinski definition) is 4. The lowest BCUT2D eigenvalue weighted by Crippen LogP contribution is -2.06. The first-order valence-corrected chi connectivity index (χ1v) is 9.07. The van der Waals surface area contributed by atoms with Gasteiger partial charge in [0, 0.05) is 15.7 Å². The minimum absolute atomic E-state index is 0.0306. The van der Waals surface area contributed by atoms with E-state index in [-0.39, 0.29) is 11.5 Å². The van der Waals surface area contributed by atoms with Crippen LogP contribution in [0.25, 0.3) is 0 Å². The molecule has 0 amide bonds. The van der Waals surface area contributed by atoms with Gasteiger partial charge < -0.3 is 0 Å². The molecule has 0 atom stereocenters. The van der Waals surface area contributed by atoms with Crippen molar-refractivity contribution in [3.8, 4) is 6.07 Å². The Kier molecular flexibility index (Phi) is 5.97. The molecule has 0 spiro atoms. The van der Waals surface area contributed by atoms with Gasteiger partial charge >= 0.3 is 0 Å². The fourth-order valence-corrected chi connectivity index (χ4v) is 3.71. The number of aryl methyl sites for hydroxylation is 1. The molecule has 118 valence electrons. The number of carbonyl (C=O) groups is 1. The van der Waals surface area contributed by atoms with Crippen molar-refractivity contribution in [3.63, 3.8) is 0 Å². The number of thioether (sulfide) groups is 1. The fourth-order valence-electron chi connectivity index (χ4n) is 2.47. The van der Waals surface area contributed by atoms with Gasteiger partial charge in [-0.05, 0) is 43.5 Å². The monoisotopic (exact) mass is 388 g/mol. The summed E-state index contributed by atoms with van der Waals surface area (Å²) >= 11 is 4.69. The molecule has 2 rings (SSSR count). The molecule has 5 heteroatoms. The quantitative estimate of drug-likeness (QED) is 0.541. The maximum Gasteiger partial charge on any atom is 0.173 e. The Morgan fingerprint density at radius 1 is 1.30 bits per heavy atom. The minimum Gasteiger partial charge on any atom is -0.293 e. The molecular formula is C18H17BrN2OS. The summed E-state index contributed by atoms with van der Waals surface area (Å²) in [6.45, 7) is 5.96. The second-order valence-corrected chi connectivity index (χ2v) is 7.04. The summed E-state index contributed by atoms with van der Waals surface area (Å²) < 4.78 is 0.941. The van der Waals surface area contributed by atoms with Crippen molar-refractivity contribution >= 4 is 33.5 Å². The number of Topliss-reactive ketones (excluding diaryl/α,β-unsaturated/α-hetero) is 1. The van der Waals surface area contributed by atoms with Gasteiger partial charge in [0.05, 0.1) is 11.3 Å². The van der Waals surface area contributed by atoms with Crippen LogP contribution in [0.1, 0.15) is 39.7 Å². The van der Waals surface area contributed by atoms with Crippen molar-refractivity contribution in [3.05, 3.63) is 56.7 Å². The molecule has 1 aromatic heterocycles. The molecule has 3 nitrogen and oxygen atoms in total. The highest BCUT2D eigenvalue weighted by atomic mass is 79.9. The zero-order chi connectivity index (χ0) is 17.0. The van der Waals surface area contributed by atoms with Gasteiger partial charge in [0.2, 0.25) is 0 Å². The van der Waals surface area contributed by atoms with E-state index in [2.05, 4.69) is 33.9 Å². The standard InChI is InChI=1S/C18H17BrN2OS/c1-4-15-11(2)16(9-20)18(21-12(15)3)23-10-17(22)13-5-7-14(19)8-6-13/h5-8H,4,10H2,1-3H3. The summed E-state index contributed by atoms with van der Waals surface area (Å²) in [7, 11) is 0. The molecule has 23 heavy (non-hydrogen) atoms. The highest BCUT2D eigenvalue weighted by Gasteiger charge is 2.16. The summed E-state index contributed by atoms with van der Waals surface area (Å²) in [5.74, 6) is 0.302. The Balaban J connectivity index is 2.22. The third kappa shape index (κ3) is 4.01. The Bertz CT molecular complexity index is 779. The molecule has 0 aliphatic carbocycles. The Labute approximate surface area is 149 Å². The van der Waals surface area contributed by atoms with Gasteiger partial charge in [-0.3, -0.25) is 4.79 Å². The molecule has 0 saturated carbocycles. The van der Waals surface area contributed by atoms with E-state index in [0.717, 1.165) is 27.7 Å². The van der Waals surface area contributed by atoms with E-state index < -0.39 is 0 Å². The van der Waals surface area contributed by atoms with E-state index in [1.165, 1.54) is 11.8 Å². The third-order valence-corrected chi connectivity index (χ3v) is 5.22. The molecule has 0 unspecified atom stereocenters. The minimum atomic E-state index is 0.0306. The highest BCUT2D eigenvalue weighted by molar-refractivity contribution is 9.10. The normalized spacial score (nSPS) is 10.4. The molecule has 0 aliphatic rings. The number of hydrogen-bond donors (Lipinski definition) is 0. The van der Waals surface area contributed by atoms with Crippen LogP contribution in [0.5, 0.6) is 0 Å². The van der Waals surface area contributed by atoms with E-state index >= 15 is 0 Å². The molecule has 0 N–H and O–H groups in total. The zero-order valence-electron chi connectivity index (χ0n) is 13.3. The van der Waals surface area contributed by atoms with Gasteiger partial charge in [-0.25, -0.2) is 4.98 Å². The second kappa shape index (κ2) is 7.76. The average Bonchev–Trinajstić information content (AvgIpc) is 2.53. The van der Waals surface area contributed by atoms with Crippen LogP contribution in [0, 0.1) is 25.2 Å². The van der Waals surface area contributed by atoms with Crippen molar-refractivity contribution in [2.75, 3.05) is 5.75 Å². The predicted octanol–water partition coefficient (Wildman–Crippen LogP) is 4.87. The van der Waals surface area contributed by atoms with Crippen LogP contribution >= 0.6 is 27.7 Å². The van der Waals surface area contributed by atoms with Crippen molar-refractivity contribution in [2.24, 2.45) is 0 Å². The Morgan fingerprint density at radius 2 is 1.96 bits per heavy atom. The molecule has 0 fully saturated rings. The maximum atomic E-state index is 12.3. The first-order valence-electron chi connectivity index (χ1n) is 7.29. The molecule has 1 heterocycles. The van der Waals surface area contributed by atoms with E-state index in [9.17, 15) is 10.1 Å². The molecule has 0 saturated heterocycles. The number of nitriles is 1. The van der Waals surface area contributed by atoms with Crippen LogP contribution in [0.2, 0.25) is 0 Å². The van der Waals surface area contributed by atoms with Gasteiger partial charge in [0.25, 0.3) is 0 Å². The van der Waals surface area contributed by atoms with Crippen LogP contribution in [-0.4, -0.2) is 16.5 Å². The van der Waals surface area contributed by atoms with E-state index in [4.69, 9.17) is 0 Å². The second-order valence-electron chi connectivity index (χ2n) is 5.17. The number of nitrogens with zero attached hydrogens (tertiary/aromatic N) is 2. The predicted molar refractivity (Wildman–Crippen MR) is 97.0 cm³/mol. The summed E-state index contributed by atoms with van der Waals surface area (Å²) in [5.41, 5.74) is 4.27. The third-order valence-electron chi connectivity index (χ3n) is 3.72. The SMILES string of the molecule is CCc1c(C)nc(SCC(=O)c2ccc(Br)cc2)c(C#N)c1C. The summed E-state index contributed by atoms with van der Waals surface area (Å²) in [5, 5.41) is 10.1. The van der Waals surface area contributed by atoms with Crippen molar-refractivity contribution < 1.29 is 4.79 Å². The Morgan fingerprint density at radius 3 is 2.52 bits per heavy atom. The lowest BCUT2D eigenvalue weighted by Gasteiger charge is -2.12. The van der Waals surface area contributed by atoms with E-state index in [0.29, 0.717) is 16.2 Å². The fraction of sp³-hybridized carbons (Fsp3) is 0.278. The molecular weight excluding hydrogens is 372 g/mol. The number of carbonyl (C=O) groups excluding carboxylic acids is 1. The van der Waals surface area contributed by atoms with Gasteiger partial charge in [0.1, 0.15) is 11.1 Å². The highest BCUT2D eigenvalue weighted by Crippen LogP contribution is 2.27. The summed E-state index contributed by atoms with van der Waals surface area (Å²) in [6, 6.07) is 9.52. The van der Waals surface area contributed by atoms with E-state index in [1.807, 2.05) is 26.0 Å². The largest absolute Gasteiger partial charge is 0.293 e. The lowest BCUT2D eigenvalue weighted by atomic mass is 10.0. The smallest absolute Gasteiger partial charge is 0.173 e. The van der Waals surface area contributed by atoms with Gasteiger partial charge in [0.15, 0.2) is 5.78 Å². The van der Waals surface area contributed by atoms with Gasteiger partial charge in [-0.2, -0.15) is 5.26 Å². The van der Waals surface area contributed by atoms with Crippen LogP contribution in [0.15, 0.2) is 33.8 Å². The zero-order valence-corrected chi connectivity index (χ0v) is 15.7. The van der Waals surface area contributed by atoms with Crippen LogP contribution in [-0.2, 0) is 6.42 Å². The van der Waals surface area contributed by atoms with Crippen LogP contribution < -0.4 is 0 Å². The van der Waals surface area contributed by atoms with Gasteiger partial charge in [-0.15, -0.1) is 0 Å². The number of halogens is 1. The number of benzene rings is 1. The van der Waals surface area contributed by atoms with Gasteiger partial charge in [-0.1, -0.05) is 46.7 Å².